The van der Waals surface area contributed by atoms with Gasteiger partial charge in [-0.2, -0.15) is 5.26 Å². The molecule has 0 saturated carbocycles. The summed E-state index contributed by atoms with van der Waals surface area (Å²) in [7, 11) is -3.64. The summed E-state index contributed by atoms with van der Waals surface area (Å²) < 4.78 is 26.5. The first-order valence-electron chi connectivity index (χ1n) is 10.7. The van der Waals surface area contributed by atoms with Crippen LogP contribution in [0.3, 0.4) is 0 Å². The maximum atomic E-state index is 12.4. The first-order chi connectivity index (χ1) is 15.4. The third kappa shape index (κ3) is 6.37. The van der Waals surface area contributed by atoms with Gasteiger partial charge in [0, 0.05) is 13.0 Å². The molecule has 1 aliphatic heterocycles. The molecule has 2 aromatic carbocycles. The Morgan fingerprint density at radius 1 is 1.12 bits per heavy atom. The fourth-order valence-corrected chi connectivity index (χ4v) is 4.66. The normalized spacial score (nSPS) is 17.3. The number of nitrogens with zero attached hydrogens (tertiary/aromatic N) is 1. The first kappa shape index (κ1) is 23.9. The summed E-state index contributed by atoms with van der Waals surface area (Å²) >= 11 is 0. The number of hydrogen-bond acceptors (Lipinski definition) is 6. The Hall–Kier alpha value is -2.77. The van der Waals surface area contributed by atoms with Crippen LogP contribution in [0.15, 0.2) is 53.4 Å². The van der Waals surface area contributed by atoms with Crippen LogP contribution in [0.4, 0.5) is 0 Å². The van der Waals surface area contributed by atoms with Crippen molar-refractivity contribution in [1.82, 2.24) is 15.4 Å². The quantitative estimate of drug-likeness (QED) is 0.450. The van der Waals surface area contributed by atoms with Gasteiger partial charge in [-0.05, 0) is 48.2 Å². The molecule has 9 heteroatoms. The average molecular weight is 457 g/mol. The number of nitrogens with one attached hydrogen (secondary N) is 3. The minimum atomic E-state index is -3.64. The Balaban J connectivity index is 1.61. The molecule has 4 N–H and O–H groups in total. The van der Waals surface area contributed by atoms with Gasteiger partial charge in [-0.15, -0.1) is 0 Å². The molecular weight excluding hydrogens is 428 g/mol. The van der Waals surface area contributed by atoms with E-state index in [0.29, 0.717) is 6.42 Å². The monoisotopic (exact) mass is 456 g/mol. The summed E-state index contributed by atoms with van der Waals surface area (Å²) in [6.07, 6.45) is 3.27. The maximum absolute atomic E-state index is 12.4. The average Bonchev–Trinajstić information content (AvgIpc) is 2.83. The standard InChI is InChI=1S/C23H28N4O4S/c24-16-20(27-23(29)22-3-1-2-12-25-22)15-17-4-6-18(7-5-17)19-8-10-21(11-9-19)32(30,31)26-13-14-28/h4-11,20,22,25-26,28H,1-3,12-15H2,(H,27,29)/t20-,22?/m0/s1. The van der Waals surface area contributed by atoms with Crippen molar-refractivity contribution in [1.29, 1.82) is 5.26 Å². The van der Waals surface area contributed by atoms with Gasteiger partial charge in [0.25, 0.3) is 0 Å². The van der Waals surface area contributed by atoms with Crippen LogP contribution in [0.25, 0.3) is 11.1 Å². The lowest BCUT2D eigenvalue weighted by Gasteiger charge is -2.23. The molecule has 1 saturated heterocycles. The predicted molar refractivity (Wildman–Crippen MR) is 121 cm³/mol. The smallest absolute Gasteiger partial charge is 0.240 e. The molecular formula is C23H28N4O4S. The number of benzene rings is 2. The molecule has 1 aliphatic rings. The maximum Gasteiger partial charge on any atom is 0.240 e. The van der Waals surface area contributed by atoms with Crippen molar-refractivity contribution in [2.24, 2.45) is 0 Å². The molecule has 2 aromatic rings. The van der Waals surface area contributed by atoms with Crippen LogP contribution in [0, 0.1) is 11.3 Å². The number of amides is 1. The largest absolute Gasteiger partial charge is 0.395 e. The molecule has 0 aromatic heterocycles. The Morgan fingerprint density at radius 3 is 2.34 bits per heavy atom. The fraction of sp³-hybridized carbons (Fsp3) is 0.391. The zero-order chi connectivity index (χ0) is 23.0. The van der Waals surface area contributed by atoms with Gasteiger partial charge in [0.1, 0.15) is 6.04 Å². The molecule has 170 valence electrons. The van der Waals surface area contributed by atoms with Crippen molar-refractivity contribution in [2.75, 3.05) is 19.7 Å². The lowest BCUT2D eigenvalue weighted by atomic mass is 10.00. The fourth-order valence-electron chi connectivity index (χ4n) is 3.64. The van der Waals surface area contributed by atoms with Crippen molar-refractivity contribution in [3.05, 3.63) is 54.1 Å². The lowest BCUT2D eigenvalue weighted by molar-refractivity contribution is -0.124. The lowest BCUT2D eigenvalue weighted by Crippen LogP contribution is -2.49. The van der Waals surface area contributed by atoms with E-state index in [0.717, 1.165) is 42.5 Å². The van der Waals surface area contributed by atoms with Gasteiger partial charge >= 0.3 is 0 Å². The summed E-state index contributed by atoms with van der Waals surface area (Å²) in [6, 6.07) is 15.4. The Morgan fingerprint density at radius 2 is 1.78 bits per heavy atom. The minimum absolute atomic E-state index is 0.0349. The van der Waals surface area contributed by atoms with E-state index >= 15 is 0 Å². The number of nitriles is 1. The molecule has 32 heavy (non-hydrogen) atoms. The number of piperidine rings is 1. The van der Waals surface area contributed by atoms with E-state index in [-0.39, 0.29) is 30.0 Å². The number of rotatable bonds is 9. The molecule has 1 unspecified atom stereocenters. The summed E-state index contributed by atoms with van der Waals surface area (Å²) in [5, 5.41) is 24.3. The molecule has 2 atom stereocenters. The van der Waals surface area contributed by atoms with E-state index in [1.165, 1.54) is 12.1 Å². The molecule has 3 rings (SSSR count). The number of aliphatic hydroxyl groups is 1. The molecule has 1 heterocycles. The summed E-state index contributed by atoms with van der Waals surface area (Å²) in [5.74, 6) is -0.128. The van der Waals surface area contributed by atoms with E-state index in [1.54, 1.807) is 12.1 Å². The van der Waals surface area contributed by atoms with Crippen LogP contribution in [0.5, 0.6) is 0 Å². The predicted octanol–water partition coefficient (Wildman–Crippen LogP) is 1.32. The van der Waals surface area contributed by atoms with Crippen molar-refractivity contribution < 1.29 is 18.3 Å². The van der Waals surface area contributed by atoms with Gasteiger partial charge < -0.3 is 15.7 Å². The third-order valence-corrected chi connectivity index (χ3v) is 6.87. The summed E-state index contributed by atoms with van der Waals surface area (Å²) in [6.45, 7) is 0.521. The molecule has 0 spiro atoms. The molecule has 1 fully saturated rings. The van der Waals surface area contributed by atoms with Crippen LogP contribution in [-0.2, 0) is 21.2 Å². The zero-order valence-electron chi connectivity index (χ0n) is 17.8. The van der Waals surface area contributed by atoms with Crippen molar-refractivity contribution in [3.8, 4) is 17.2 Å². The second kappa shape index (κ2) is 11.2. The minimum Gasteiger partial charge on any atom is -0.395 e. The van der Waals surface area contributed by atoms with E-state index in [1.807, 2.05) is 24.3 Å². The van der Waals surface area contributed by atoms with Gasteiger partial charge in [0.15, 0.2) is 0 Å². The van der Waals surface area contributed by atoms with Crippen LogP contribution < -0.4 is 15.4 Å². The highest BCUT2D eigenvalue weighted by Crippen LogP contribution is 2.22. The van der Waals surface area contributed by atoms with E-state index < -0.39 is 16.1 Å². The van der Waals surface area contributed by atoms with Gasteiger partial charge in [0.05, 0.1) is 23.6 Å². The van der Waals surface area contributed by atoms with Crippen molar-refractivity contribution in [2.45, 2.75) is 42.7 Å². The molecule has 0 aliphatic carbocycles. The highest BCUT2D eigenvalue weighted by molar-refractivity contribution is 7.89. The Bertz CT molecular complexity index is 1040. The van der Waals surface area contributed by atoms with E-state index in [9.17, 15) is 18.5 Å². The highest BCUT2D eigenvalue weighted by Gasteiger charge is 2.23. The number of carbonyl (C=O) groups excluding carboxylic acids is 1. The number of hydrogen-bond donors (Lipinski definition) is 4. The Labute approximate surface area is 188 Å². The van der Waals surface area contributed by atoms with Crippen molar-refractivity contribution >= 4 is 15.9 Å². The van der Waals surface area contributed by atoms with Crippen molar-refractivity contribution in [3.63, 3.8) is 0 Å². The van der Waals surface area contributed by atoms with Crippen LogP contribution in [0.2, 0.25) is 0 Å². The van der Waals surface area contributed by atoms with Crippen LogP contribution in [0.1, 0.15) is 24.8 Å². The highest BCUT2D eigenvalue weighted by atomic mass is 32.2. The third-order valence-electron chi connectivity index (χ3n) is 5.39. The number of aliphatic hydroxyl groups excluding tert-OH is 1. The molecule has 1 amide bonds. The number of carbonyl (C=O) groups is 1. The Kier molecular flexibility index (Phi) is 8.36. The second-order valence-electron chi connectivity index (χ2n) is 7.74. The van der Waals surface area contributed by atoms with Gasteiger partial charge in [-0.1, -0.05) is 42.8 Å². The zero-order valence-corrected chi connectivity index (χ0v) is 18.6. The molecule has 0 bridgehead atoms. The van der Waals surface area contributed by atoms with E-state index in [4.69, 9.17) is 5.11 Å². The van der Waals surface area contributed by atoms with Crippen LogP contribution in [-0.4, -0.2) is 51.2 Å². The second-order valence-corrected chi connectivity index (χ2v) is 9.51. The van der Waals surface area contributed by atoms with Gasteiger partial charge in [0.2, 0.25) is 15.9 Å². The van der Waals surface area contributed by atoms with Gasteiger partial charge in [-0.25, -0.2) is 13.1 Å². The van der Waals surface area contributed by atoms with Gasteiger partial charge in [-0.3, -0.25) is 4.79 Å². The number of sulfonamides is 1. The topological polar surface area (TPSA) is 131 Å². The summed E-state index contributed by atoms with van der Waals surface area (Å²) in [5.41, 5.74) is 2.68. The summed E-state index contributed by atoms with van der Waals surface area (Å²) in [4.78, 5) is 12.5. The molecule has 8 nitrogen and oxygen atoms in total. The van der Waals surface area contributed by atoms with E-state index in [2.05, 4.69) is 21.4 Å². The van der Waals surface area contributed by atoms with Crippen LogP contribution >= 0.6 is 0 Å². The SMILES string of the molecule is N#C[C@H](Cc1ccc(-c2ccc(S(=O)(=O)NCCO)cc2)cc1)NC(=O)C1CCCCN1. The molecule has 0 radical (unpaired) electrons. The first-order valence-corrected chi connectivity index (χ1v) is 12.1.